The molecule has 0 radical (unpaired) electrons. The Labute approximate surface area is 121 Å². The van der Waals surface area contributed by atoms with Gasteiger partial charge < -0.3 is 4.90 Å². The van der Waals surface area contributed by atoms with Crippen LogP contribution in [-0.4, -0.2) is 30.2 Å². The van der Waals surface area contributed by atoms with Crippen LogP contribution in [0.2, 0.25) is 0 Å². The number of nitrogens with zero attached hydrogens (tertiary/aromatic N) is 2. The van der Waals surface area contributed by atoms with Crippen molar-refractivity contribution in [2.75, 3.05) is 17.2 Å². The molecule has 1 unspecified atom stereocenters. The number of rotatable bonds is 3. The lowest BCUT2D eigenvalue weighted by atomic mass is 10.1. The lowest BCUT2D eigenvalue weighted by molar-refractivity contribution is -0.132. The maximum absolute atomic E-state index is 11.7. The van der Waals surface area contributed by atoms with Crippen molar-refractivity contribution in [3.05, 3.63) is 23.8 Å². The van der Waals surface area contributed by atoms with Crippen molar-refractivity contribution in [3.63, 3.8) is 0 Å². The van der Waals surface area contributed by atoms with E-state index in [1.807, 2.05) is 19.1 Å². The molecule has 104 valence electrons. The van der Waals surface area contributed by atoms with E-state index in [2.05, 4.69) is 11.4 Å². The van der Waals surface area contributed by atoms with E-state index in [1.54, 1.807) is 29.7 Å². The first-order valence-corrected chi connectivity index (χ1v) is 7.33. The molecule has 1 aromatic rings. The number of carbonyl (C=O) groups is 2. The molecule has 0 aliphatic carbocycles. The van der Waals surface area contributed by atoms with Crippen LogP contribution >= 0.6 is 11.8 Å². The summed E-state index contributed by atoms with van der Waals surface area (Å²) >= 11 is 1.57. The fourth-order valence-electron chi connectivity index (χ4n) is 2.16. The zero-order chi connectivity index (χ0) is 14.7. The summed E-state index contributed by atoms with van der Waals surface area (Å²) in [5.41, 5.74) is 1.16. The van der Waals surface area contributed by atoms with Gasteiger partial charge in [-0.25, -0.2) is 0 Å². The van der Waals surface area contributed by atoms with Crippen LogP contribution in [0.15, 0.2) is 23.1 Å². The van der Waals surface area contributed by atoms with Gasteiger partial charge in [-0.1, -0.05) is 13.0 Å². The van der Waals surface area contributed by atoms with Crippen LogP contribution in [0, 0.1) is 11.3 Å². The summed E-state index contributed by atoms with van der Waals surface area (Å²) < 4.78 is 0. The number of hydrogen-bond donors (Lipinski definition) is 1. The number of piperazine rings is 1. The summed E-state index contributed by atoms with van der Waals surface area (Å²) in [6, 6.07) is 7.23. The third-order valence-electron chi connectivity index (χ3n) is 3.15. The standard InChI is InChI=1S/C14H15N3O2S/c1-3-20-12-6-4-5-11(10(12)7-15)17-8-13(18)16-14(19)9(17)2/h4-6,9H,3,8H2,1-2H3,(H,16,18,19). The van der Waals surface area contributed by atoms with E-state index in [4.69, 9.17) is 0 Å². The number of benzene rings is 1. The smallest absolute Gasteiger partial charge is 0.249 e. The Morgan fingerprint density at radius 2 is 2.25 bits per heavy atom. The minimum Gasteiger partial charge on any atom is -0.349 e. The van der Waals surface area contributed by atoms with Crippen LogP contribution in [0.3, 0.4) is 0 Å². The van der Waals surface area contributed by atoms with Gasteiger partial charge in [0.15, 0.2) is 0 Å². The topological polar surface area (TPSA) is 73.2 Å². The third kappa shape index (κ3) is 2.63. The maximum Gasteiger partial charge on any atom is 0.249 e. The van der Waals surface area contributed by atoms with Crippen molar-refractivity contribution in [2.24, 2.45) is 0 Å². The number of amides is 2. The van der Waals surface area contributed by atoms with Crippen molar-refractivity contribution >= 4 is 29.3 Å². The van der Waals surface area contributed by atoms with Gasteiger partial charge in [0.2, 0.25) is 11.8 Å². The van der Waals surface area contributed by atoms with E-state index in [1.165, 1.54) is 0 Å². The molecule has 1 aromatic carbocycles. The Morgan fingerprint density at radius 3 is 2.90 bits per heavy atom. The van der Waals surface area contributed by atoms with E-state index in [0.29, 0.717) is 11.3 Å². The van der Waals surface area contributed by atoms with Gasteiger partial charge in [-0.3, -0.25) is 14.9 Å². The largest absolute Gasteiger partial charge is 0.349 e. The second-order valence-electron chi connectivity index (χ2n) is 4.41. The molecule has 2 rings (SSSR count). The highest BCUT2D eigenvalue weighted by molar-refractivity contribution is 7.99. The predicted molar refractivity (Wildman–Crippen MR) is 77.5 cm³/mol. The van der Waals surface area contributed by atoms with Crippen LogP contribution in [0.4, 0.5) is 5.69 Å². The first-order valence-electron chi connectivity index (χ1n) is 6.34. The van der Waals surface area contributed by atoms with Crippen LogP contribution in [0.1, 0.15) is 19.4 Å². The molecule has 6 heteroatoms. The van der Waals surface area contributed by atoms with Crippen molar-refractivity contribution in [2.45, 2.75) is 24.8 Å². The SMILES string of the molecule is CCSc1cccc(N2CC(=O)NC(=O)C2C)c1C#N. The summed E-state index contributed by atoms with van der Waals surface area (Å²) in [7, 11) is 0. The molecular weight excluding hydrogens is 274 g/mol. The first kappa shape index (κ1) is 14.4. The molecule has 1 aliphatic rings. The average Bonchev–Trinajstić information content (AvgIpc) is 2.43. The lowest BCUT2D eigenvalue weighted by Crippen LogP contribution is -2.57. The van der Waals surface area contributed by atoms with Gasteiger partial charge in [-0.05, 0) is 24.8 Å². The van der Waals surface area contributed by atoms with Crippen molar-refractivity contribution in [3.8, 4) is 6.07 Å². The summed E-state index contributed by atoms with van der Waals surface area (Å²) in [4.78, 5) is 25.8. The van der Waals surface area contributed by atoms with Gasteiger partial charge in [0.25, 0.3) is 0 Å². The second-order valence-corrected chi connectivity index (χ2v) is 5.72. The summed E-state index contributed by atoms with van der Waals surface area (Å²) in [6.45, 7) is 3.82. The summed E-state index contributed by atoms with van der Waals surface area (Å²) in [5, 5.41) is 11.7. The molecule has 1 fully saturated rings. The van der Waals surface area contributed by atoms with Crippen molar-refractivity contribution in [1.82, 2.24) is 5.32 Å². The fraction of sp³-hybridized carbons (Fsp3) is 0.357. The Balaban J connectivity index is 2.46. The summed E-state index contributed by atoms with van der Waals surface area (Å²) in [5.74, 6) is 0.178. The Kier molecular flexibility index (Phi) is 4.30. The zero-order valence-electron chi connectivity index (χ0n) is 11.3. The number of thioether (sulfide) groups is 1. The zero-order valence-corrected chi connectivity index (χ0v) is 12.2. The van der Waals surface area contributed by atoms with Crippen molar-refractivity contribution in [1.29, 1.82) is 5.26 Å². The molecule has 0 aromatic heterocycles. The number of nitriles is 1. The summed E-state index contributed by atoms with van der Waals surface area (Å²) in [6.07, 6.45) is 0. The molecule has 2 amide bonds. The fourth-order valence-corrected chi connectivity index (χ4v) is 2.94. The second kappa shape index (κ2) is 5.97. The van der Waals surface area contributed by atoms with Crippen LogP contribution < -0.4 is 10.2 Å². The third-order valence-corrected chi connectivity index (χ3v) is 4.09. The number of imide groups is 1. The molecule has 1 N–H and O–H groups in total. The molecule has 20 heavy (non-hydrogen) atoms. The first-order chi connectivity index (χ1) is 9.58. The lowest BCUT2D eigenvalue weighted by Gasteiger charge is -2.34. The monoisotopic (exact) mass is 289 g/mol. The molecule has 1 aliphatic heterocycles. The molecule has 1 heterocycles. The molecule has 1 atom stereocenters. The number of anilines is 1. The van der Waals surface area contributed by atoms with Gasteiger partial charge >= 0.3 is 0 Å². The number of hydrogen-bond acceptors (Lipinski definition) is 5. The van der Waals surface area contributed by atoms with E-state index >= 15 is 0 Å². The maximum atomic E-state index is 11.7. The van der Waals surface area contributed by atoms with Crippen molar-refractivity contribution < 1.29 is 9.59 Å². The Morgan fingerprint density at radius 1 is 1.50 bits per heavy atom. The average molecular weight is 289 g/mol. The molecule has 5 nitrogen and oxygen atoms in total. The van der Waals surface area contributed by atoms with Crippen LogP contribution in [0.5, 0.6) is 0 Å². The minimum atomic E-state index is -0.471. The van der Waals surface area contributed by atoms with Gasteiger partial charge in [0.1, 0.15) is 12.1 Å². The van der Waals surface area contributed by atoms with Gasteiger partial charge in [0, 0.05) is 4.90 Å². The highest BCUT2D eigenvalue weighted by Crippen LogP contribution is 2.31. The predicted octanol–water partition coefficient (Wildman–Crippen LogP) is 1.52. The molecule has 1 saturated heterocycles. The van der Waals surface area contributed by atoms with Gasteiger partial charge in [0.05, 0.1) is 17.8 Å². The highest BCUT2D eigenvalue weighted by atomic mass is 32.2. The van der Waals surface area contributed by atoms with Crippen LogP contribution in [0.25, 0.3) is 0 Å². The Bertz CT molecular complexity index is 595. The van der Waals surface area contributed by atoms with Gasteiger partial charge in [-0.15, -0.1) is 11.8 Å². The molecule has 0 saturated carbocycles. The van der Waals surface area contributed by atoms with E-state index in [-0.39, 0.29) is 18.4 Å². The minimum absolute atomic E-state index is 0.0852. The van der Waals surface area contributed by atoms with Crippen LogP contribution in [-0.2, 0) is 9.59 Å². The molecular formula is C14H15N3O2S. The highest BCUT2D eigenvalue weighted by Gasteiger charge is 2.31. The van der Waals surface area contributed by atoms with E-state index in [0.717, 1.165) is 10.6 Å². The quantitative estimate of drug-likeness (QED) is 0.674. The number of nitrogens with one attached hydrogen (secondary N) is 1. The van der Waals surface area contributed by atoms with E-state index in [9.17, 15) is 14.9 Å². The number of carbonyl (C=O) groups excluding carboxylic acids is 2. The normalized spacial score (nSPS) is 18.6. The van der Waals surface area contributed by atoms with Gasteiger partial charge in [-0.2, -0.15) is 5.26 Å². The molecule has 0 bridgehead atoms. The Hall–Kier alpha value is -2.00. The van der Waals surface area contributed by atoms with E-state index < -0.39 is 6.04 Å². The molecule has 0 spiro atoms.